The minimum absolute atomic E-state index is 0.119. The average Bonchev–Trinajstić information content (AvgIpc) is 3.35. The van der Waals surface area contributed by atoms with Gasteiger partial charge in [-0.1, -0.05) is 48.9 Å². The van der Waals surface area contributed by atoms with E-state index in [0.717, 1.165) is 67.6 Å². The van der Waals surface area contributed by atoms with Gasteiger partial charge in [0.1, 0.15) is 17.3 Å². The summed E-state index contributed by atoms with van der Waals surface area (Å²) in [7, 11) is 3.28. The maximum absolute atomic E-state index is 13.2. The number of carbonyl (C=O) groups is 2. The molecule has 0 bridgehead atoms. The molecule has 2 aliphatic rings. The van der Waals surface area contributed by atoms with E-state index in [2.05, 4.69) is 34.5 Å². The number of hydrogen-bond acceptors (Lipinski definition) is 7. The van der Waals surface area contributed by atoms with E-state index in [0.29, 0.717) is 30.8 Å². The molecule has 1 saturated carbocycles. The monoisotopic (exact) mass is 639 g/mol. The van der Waals surface area contributed by atoms with Crippen LogP contribution in [-0.2, 0) is 30.6 Å². The van der Waals surface area contributed by atoms with Crippen LogP contribution in [0.1, 0.15) is 71.6 Å². The Morgan fingerprint density at radius 3 is 2.36 bits per heavy atom. The first kappa shape index (κ1) is 34.3. The number of carbonyl (C=O) groups excluding carboxylic acids is 2. The topological polar surface area (TPSA) is 112 Å². The highest BCUT2D eigenvalue weighted by Crippen LogP contribution is 2.31. The highest BCUT2D eigenvalue weighted by molar-refractivity contribution is 5.95. The molecule has 1 fully saturated rings. The van der Waals surface area contributed by atoms with Gasteiger partial charge < -0.3 is 25.3 Å². The van der Waals surface area contributed by atoms with Crippen molar-refractivity contribution in [2.75, 3.05) is 27.3 Å². The number of ether oxygens (including phenoxy) is 2. The molecule has 3 aromatic carbocycles. The Bertz CT molecular complexity index is 1530. The molecule has 0 aromatic heterocycles. The summed E-state index contributed by atoms with van der Waals surface area (Å²) in [6.07, 6.45) is 6.06. The Morgan fingerprint density at radius 2 is 1.66 bits per heavy atom. The second kappa shape index (κ2) is 16.2. The summed E-state index contributed by atoms with van der Waals surface area (Å²) < 4.78 is 11.1. The number of aliphatic hydroxyl groups excluding tert-OH is 1. The zero-order valence-electron chi connectivity index (χ0n) is 28.0. The number of fused-ring (bicyclic) bond motifs is 1. The van der Waals surface area contributed by atoms with Crippen LogP contribution >= 0.6 is 0 Å². The molecule has 2 unspecified atom stereocenters. The van der Waals surface area contributed by atoms with Crippen molar-refractivity contribution in [1.29, 1.82) is 5.41 Å². The number of hydrogen-bond donors (Lipinski definition) is 3. The van der Waals surface area contributed by atoms with Crippen LogP contribution in [0.25, 0.3) is 0 Å². The number of nitrogens with zero attached hydrogens (tertiary/aromatic N) is 1. The van der Waals surface area contributed by atoms with E-state index in [1.165, 1.54) is 11.1 Å². The van der Waals surface area contributed by atoms with Gasteiger partial charge in [0, 0.05) is 60.9 Å². The molecule has 47 heavy (non-hydrogen) atoms. The quantitative estimate of drug-likeness (QED) is 0.152. The number of benzene rings is 3. The Morgan fingerprint density at radius 1 is 0.936 bits per heavy atom. The maximum Gasteiger partial charge on any atom is 0.251 e. The molecule has 0 saturated heterocycles. The third-order valence-corrected chi connectivity index (χ3v) is 9.98. The van der Waals surface area contributed by atoms with Crippen molar-refractivity contribution in [3.8, 4) is 11.5 Å². The molecular weight excluding hydrogens is 590 g/mol. The van der Waals surface area contributed by atoms with Gasteiger partial charge in [0.15, 0.2) is 0 Å². The van der Waals surface area contributed by atoms with Crippen molar-refractivity contribution < 1.29 is 24.2 Å². The molecule has 3 N–H and O–H groups in total. The van der Waals surface area contributed by atoms with Gasteiger partial charge >= 0.3 is 0 Å². The van der Waals surface area contributed by atoms with Gasteiger partial charge in [-0.25, -0.2) is 0 Å². The Kier molecular flexibility index (Phi) is 11.8. The molecular formula is C39H49N3O5. The largest absolute Gasteiger partial charge is 0.497 e. The number of ketones is 1. The molecule has 0 heterocycles. The van der Waals surface area contributed by atoms with Gasteiger partial charge in [-0.3, -0.25) is 14.5 Å². The molecule has 0 spiro atoms. The van der Waals surface area contributed by atoms with Crippen LogP contribution in [0.2, 0.25) is 0 Å². The van der Waals surface area contributed by atoms with Crippen molar-refractivity contribution in [3.05, 3.63) is 94.5 Å². The predicted molar refractivity (Wildman–Crippen MR) is 185 cm³/mol. The van der Waals surface area contributed by atoms with Gasteiger partial charge in [0.2, 0.25) is 0 Å². The zero-order chi connectivity index (χ0) is 33.3. The first-order valence-electron chi connectivity index (χ1n) is 16.9. The highest BCUT2D eigenvalue weighted by Gasteiger charge is 2.29. The lowest BCUT2D eigenvalue weighted by molar-refractivity contribution is -0.121. The van der Waals surface area contributed by atoms with Gasteiger partial charge in [-0.2, -0.15) is 0 Å². The van der Waals surface area contributed by atoms with E-state index in [1.54, 1.807) is 27.2 Å². The lowest BCUT2D eigenvalue weighted by Crippen LogP contribution is -2.44. The summed E-state index contributed by atoms with van der Waals surface area (Å²) >= 11 is 0. The standard InChI is InChI=1S/C39H49N3O5/c1-26(43)28-11-7-12-29(15-14-28)37(40)19-27-8-6-13-32(18-27)39(45)41-23-35(44)25-42(34-20-30-9-4-5-10-31(30)21-34)24-33-16-17-36(46-2)22-38(33)47-3/h4-6,8-10,13,16-18,22,28-29,34-35,40,44H,7,11-12,14-15,19-21,23-25H2,1-3H3,(H,41,45)/t28?,29?,35-/m1/s1. The molecule has 5 rings (SSSR count). The lowest BCUT2D eigenvalue weighted by atomic mass is 9.89. The van der Waals surface area contributed by atoms with E-state index >= 15 is 0 Å². The SMILES string of the molecule is COc1ccc(CN(C[C@H](O)CNC(=O)c2cccc(CC(=N)C3CCCC(C(C)=O)CC3)c2)C2Cc3ccccc3C2)c(OC)c1. The Hall–Kier alpha value is -4.01. The molecule has 0 aliphatic heterocycles. The van der Waals surface area contributed by atoms with Crippen molar-refractivity contribution >= 4 is 17.4 Å². The summed E-state index contributed by atoms with van der Waals surface area (Å²) in [5, 5.41) is 22.9. The maximum atomic E-state index is 13.2. The molecule has 250 valence electrons. The highest BCUT2D eigenvalue weighted by atomic mass is 16.5. The summed E-state index contributed by atoms with van der Waals surface area (Å²) in [5.41, 5.74) is 5.79. The van der Waals surface area contributed by atoms with Crippen molar-refractivity contribution in [3.63, 3.8) is 0 Å². The van der Waals surface area contributed by atoms with Crippen LogP contribution in [-0.4, -0.2) is 66.9 Å². The Balaban J connectivity index is 1.19. The predicted octanol–water partition coefficient (Wildman–Crippen LogP) is 5.81. The summed E-state index contributed by atoms with van der Waals surface area (Å²) in [5.74, 6) is 1.78. The normalized spacial score (nSPS) is 18.7. The molecule has 2 aliphatic carbocycles. The molecule has 3 aromatic rings. The van der Waals surface area contributed by atoms with Crippen LogP contribution in [0.5, 0.6) is 11.5 Å². The first-order valence-corrected chi connectivity index (χ1v) is 16.9. The van der Waals surface area contributed by atoms with Gasteiger partial charge in [-0.15, -0.1) is 0 Å². The van der Waals surface area contributed by atoms with E-state index < -0.39 is 6.10 Å². The van der Waals surface area contributed by atoms with Gasteiger partial charge in [0.05, 0.1) is 20.3 Å². The van der Waals surface area contributed by atoms with Gasteiger partial charge in [-0.05, 0) is 86.3 Å². The van der Waals surface area contributed by atoms with Crippen LogP contribution in [0.4, 0.5) is 0 Å². The van der Waals surface area contributed by atoms with Crippen molar-refractivity contribution in [2.45, 2.75) is 77.0 Å². The van der Waals surface area contributed by atoms with Crippen LogP contribution in [0.15, 0.2) is 66.7 Å². The minimum atomic E-state index is -0.780. The van der Waals surface area contributed by atoms with Crippen LogP contribution in [0.3, 0.4) is 0 Å². The fourth-order valence-corrected chi connectivity index (χ4v) is 7.23. The summed E-state index contributed by atoms with van der Waals surface area (Å²) in [4.78, 5) is 27.4. The fourth-order valence-electron chi connectivity index (χ4n) is 7.23. The van der Waals surface area contributed by atoms with E-state index in [9.17, 15) is 14.7 Å². The zero-order valence-corrected chi connectivity index (χ0v) is 28.0. The molecule has 8 heteroatoms. The smallest absolute Gasteiger partial charge is 0.251 e. The second-order valence-electron chi connectivity index (χ2n) is 13.2. The average molecular weight is 640 g/mol. The fraction of sp³-hybridized carbons (Fsp3) is 0.462. The molecule has 0 radical (unpaired) electrons. The number of amides is 1. The molecule has 8 nitrogen and oxygen atoms in total. The number of methoxy groups -OCH3 is 2. The summed E-state index contributed by atoms with van der Waals surface area (Å²) in [6, 6.07) is 21.9. The Labute approximate surface area is 279 Å². The molecule has 3 atom stereocenters. The number of nitrogens with one attached hydrogen (secondary N) is 2. The number of rotatable bonds is 14. The van der Waals surface area contributed by atoms with Crippen molar-refractivity contribution in [2.24, 2.45) is 11.8 Å². The van der Waals surface area contributed by atoms with Crippen molar-refractivity contribution in [1.82, 2.24) is 10.2 Å². The van der Waals surface area contributed by atoms with Gasteiger partial charge in [0.25, 0.3) is 5.91 Å². The third-order valence-electron chi connectivity index (χ3n) is 9.98. The number of Topliss-reactive ketones (excluding diaryl/α,β-unsaturated/α-hetero) is 1. The third kappa shape index (κ3) is 9.08. The minimum Gasteiger partial charge on any atom is -0.497 e. The van der Waals surface area contributed by atoms with Crippen LogP contribution < -0.4 is 14.8 Å². The van der Waals surface area contributed by atoms with E-state index in [4.69, 9.17) is 14.9 Å². The lowest BCUT2D eigenvalue weighted by Gasteiger charge is -2.31. The first-order chi connectivity index (χ1) is 22.7. The van der Waals surface area contributed by atoms with Crippen LogP contribution in [0, 0.1) is 17.2 Å². The number of aliphatic hydroxyl groups is 1. The van der Waals surface area contributed by atoms with E-state index in [-0.39, 0.29) is 36.1 Å². The second-order valence-corrected chi connectivity index (χ2v) is 13.2. The molecule has 1 amide bonds. The van der Waals surface area contributed by atoms with E-state index in [1.807, 2.05) is 36.4 Å². The summed E-state index contributed by atoms with van der Waals surface area (Å²) in [6.45, 7) is 2.77.